The van der Waals surface area contributed by atoms with Gasteiger partial charge < -0.3 is 5.11 Å². The molecule has 18 heavy (non-hydrogen) atoms. The van der Waals surface area contributed by atoms with Crippen LogP contribution in [-0.4, -0.2) is 28.5 Å². The summed E-state index contributed by atoms with van der Waals surface area (Å²) >= 11 is 1.68. The molecule has 0 aromatic carbocycles. The highest BCUT2D eigenvalue weighted by Crippen LogP contribution is 2.42. The van der Waals surface area contributed by atoms with Crippen molar-refractivity contribution < 1.29 is 9.90 Å². The third-order valence-electron chi connectivity index (χ3n) is 3.80. The van der Waals surface area contributed by atoms with E-state index in [0.717, 1.165) is 18.6 Å². The van der Waals surface area contributed by atoms with E-state index in [4.69, 9.17) is 5.11 Å². The second-order valence-electron chi connectivity index (χ2n) is 5.98. The lowest BCUT2D eigenvalue weighted by atomic mass is 9.66. The number of rotatable bonds is 6. The quantitative estimate of drug-likeness (QED) is 0.751. The fraction of sp³-hybridized carbons (Fsp3) is 0.800. The zero-order valence-electron chi connectivity index (χ0n) is 12.0. The lowest BCUT2D eigenvalue weighted by Crippen LogP contribution is -2.35. The summed E-state index contributed by atoms with van der Waals surface area (Å²) in [4.78, 5) is 12.5. The number of thioether (sulfide) groups is 1. The Morgan fingerprint density at radius 3 is 2.83 bits per heavy atom. The van der Waals surface area contributed by atoms with Gasteiger partial charge in [-0.05, 0) is 25.2 Å². The first kappa shape index (κ1) is 15.8. The Labute approximate surface area is 115 Å². The summed E-state index contributed by atoms with van der Waals surface area (Å²) in [6.07, 6.45) is 5.03. The molecule has 1 aliphatic carbocycles. The van der Waals surface area contributed by atoms with E-state index < -0.39 is 0 Å². The van der Waals surface area contributed by atoms with Crippen LogP contribution in [0.1, 0.15) is 47.0 Å². The van der Waals surface area contributed by atoms with Gasteiger partial charge in [-0.2, -0.15) is 11.8 Å². The molecule has 0 radical (unpaired) electrons. The maximum atomic E-state index is 12.5. The van der Waals surface area contributed by atoms with Crippen molar-refractivity contribution >= 4 is 17.5 Å². The Balaban J connectivity index is 2.64. The van der Waals surface area contributed by atoms with Crippen molar-refractivity contribution in [1.82, 2.24) is 0 Å². The molecule has 2 unspecified atom stereocenters. The third-order valence-corrected chi connectivity index (χ3v) is 4.95. The molecular weight excluding hydrogens is 244 g/mol. The molecule has 0 heterocycles. The summed E-state index contributed by atoms with van der Waals surface area (Å²) in [6.45, 7) is 8.77. The van der Waals surface area contributed by atoms with Crippen molar-refractivity contribution in [3.63, 3.8) is 0 Å². The van der Waals surface area contributed by atoms with Gasteiger partial charge in [-0.1, -0.05) is 32.4 Å². The average molecular weight is 270 g/mol. The van der Waals surface area contributed by atoms with E-state index >= 15 is 0 Å². The first-order valence-electron chi connectivity index (χ1n) is 6.80. The molecule has 3 heteroatoms. The fourth-order valence-corrected chi connectivity index (χ4v) is 3.74. The Morgan fingerprint density at radius 2 is 2.28 bits per heavy atom. The molecule has 0 bridgehead atoms. The summed E-state index contributed by atoms with van der Waals surface area (Å²) in [5, 5.41) is 9.11. The molecule has 0 spiro atoms. The standard InChI is InChI=1S/C15H26O2S/c1-11-6-5-7-15(3,4)14(11)13(17)10-12(2)18-9-8-16/h6,12,14,16H,5,7-10H2,1-4H3. The van der Waals surface area contributed by atoms with E-state index in [-0.39, 0.29) is 17.9 Å². The predicted molar refractivity (Wildman–Crippen MR) is 78.9 cm³/mol. The SMILES string of the molecule is CC1=CCCC(C)(C)C1C(=O)CC(C)SCCO. The second kappa shape index (κ2) is 6.76. The molecule has 1 N–H and O–H groups in total. The Bertz CT molecular complexity index is 320. The van der Waals surface area contributed by atoms with Gasteiger partial charge in [0.15, 0.2) is 0 Å². The summed E-state index contributed by atoms with van der Waals surface area (Å²) in [5.74, 6) is 1.17. The number of carbonyl (C=O) groups is 1. The number of aliphatic hydroxyl groups excluding tert-OH is 1. The zero-order chi connectivity index (χ0) is 13.8. The molecule has 0 amide bonds. The smallest absolute Gasteiger partial charge is 0.141 e. The van der Waals surface area contributed by atoms with E-state index in [1.54, 1.807) is 11.8 Å². The van der Waals surface area contributed by atoms with Crippen molar-refractivity contribution in [2.24, 2.45) is 11.3 Å². The number of ketones is 1. The number of hydrogen-bond donors (Lipinski definition) is 1. The highest BCUT2D eigenvalue weighted by atomic mass is 32.2. The summed E-state index contributed by atoms with van der Waals surface area (Å²) < 4.78 is 0. The van der Waals surface area contributed by atoms with Gasteiger partial charge in [-0.15, -0.1) is 0 Å². The normalized spacial score (nSPS) is 24.5. The van der Waals surface area contributed by atoms with Crippen LogP contribution in [0.15, 0.2) is 11.6 Å². The molecule has 0 aromatic rings. The van der Waals surface area contributed by atoms with E-state index in [9.17, 15) is 4.79 Å². The Kier molecular flexibility index (Phi) is 5.93. The molecule has 0 fully saturated rings. The molecule has 104 valence electrons. The monoisotopic (exact) mass is 270 g/mol. The summed E-state index contributed by atoms with van der Waals surface area (Å²) in [5.41, 5.74) is 1.34. The van der Waals surface area contributed by atoms with Gasteiger partial charge in [0, 0.05) is 23.3 Å². The van der Waals surface area contributed by atoms with E-state index in [0.29, 0.717) is 17.5 Å². The van der Waals surface area contributed by atoms with Gasteiger partial charge in [0.1, 0.15) is 5.78 Å². The number of hydrogen-bond acceptors (Lipinski definition) is 3. The summed E-state index contributed by atoms with van der Waals surface area (Å²) in [6, 6.07) is 0. The molecule has 2 atom stereocenters. The minimum absolute atomic E-state index is 0.0865. The highest BCUT2D eigenvalue weighted by molar-refractivity contribution is 7.99. The first-order valence-corrected chi connectivity index (χ1v) is 7.85. The van der Waals surface area contributed by atoms with Crippen molar-refractivity contribution in [3.8, 4) is 0 Å². The highest BCUT2D eigenvalue weighted by Gasteiger charge is 2.37. The minimum Gasteiger partial charge on any atom is -0.396 e. The molecule has 0 saturated carbocycles. The van der Waals surface area contributed by atoms with Crippen LogP contribution in [0.25, 0.3) is 0 Å². The molecule has 1 rings (SSSR count). The Morgan fingerprint density at radius 1 is 1.61 bits per heavy atom. The van der Waals surface area contributed by atoms with Gasteiger partial charge in [0.05, 0.1) is 6.61 Å². The van der Waals surface area contributed by atoms with Gasteiger partial charge in [-0.25, -0.2) is 0 Å². The van der Waals surface area contributed by atoms with Crippen LogP contribution in [-0.2, 0) is 4.79 Å². The number of aliphatic hydroxyl groups is 1. The number of Topliss-reactive ketones (excluding diaryl/α,β-unsaturated/α-hetero) is 1. The molecule has 1 aliphatic rings. The van der Waals surface area contributed by atoms with E-state index in [2.05, 4.69) is 33.8 Å². The fourth-order valence-electron chi connectivity index (χ4n) is 2.95. The molecule has 0 saturated heterocycles. The minimum atomic E-state index is 0.0865. The third kappa shape index (κ3) is 4.13. The van der Waals surface area contributed by atoms with Crippen molar-refractivity contribution in [2.45, 2.75) is 52.2 Å². The molecule has 2 nitrogen and oxygen atoms in total. The second-order valence-corrected chi connectivity index (χ2v) is 7.53. The van der Waals surface area contributed by atoms with Crippen LogP contribution in [0.4, 0.5) is 0 Å². The lowest BCUT2D eigenvalue weighted by Gasteiger charge is -2.37. The van der Waals surface area contributed by atoms with Crippen LogP contribution in [0.2, 0.25) is 0 Å². The topological polar surface area (TPSA) is 37.3 Å². The lowest BCUT2D eigenvalue weighted by molar-refractivity contribution is -0.125. The molecule has 0 aliphatic heterocycles. The van der Waals surface area contributed by atoms with Gasteiger partial charge >= 0.3 is 0 Å². The van der Waals surface area contributed by atoms with Crippen molar-refractivity contribution in [3.05, 3.63) is 11.6 Å². The first-order chi connectivity index (χ1) is 8.38. The van der Waals surface area contributed by atoms with E-state index in [1.807, 2.05) is 0 Å². The van der Waals surface area contributed by atoms with E-state index in [1.165, 1.54) is 5.57 Å². The predicted octanol–water partition coefficient (Wildman–Crippen LogP) is 3.44. The van der Waals surface area contributed by atoms with Crippen molar-refractivity contribution in [1.29, 1.82) is 0 Å². The Hall–Kier alpha value is -0.280. The number of carbonyl (C=O) groups excluding carboxylic acids is 1. The zero-order valence-corrected chi connectivity index (χ0v) is 12.8. The van der Waals surface area contributed by atoms with Crippen LogP contribution < -0.4 is 0 Å². The molecular formula is C15H26O2S. The number of allylic oxidation sites excluding steroid dienone is 2. The van der Waals surface area contributed by atoms with Crippen LogP contribution >= 0.6 is 11.8 Å². The molecule has 0 aromatic heterocycles. The van der Waals surface area contributed by atoms with Gasteiger partial charge in [0.25, 0.3) is 0 Å². The maximum Gasteiger partial charge on any atom is 0.141 e. The van der Waals surface area contributed by atoms with Gasteiger partial charge in [-0.3, -0.25) is 4.79 Å². The average Bonchev–Trinajstić information content (AvgIpc) is 2.24. The summed E-state index contributed by atoms with van der Waals surface area (Å²) in [7, 11) is 0. The van der Waals surface area contributed by atoms with Crippen LogP contribution in [0.5, 0.6) is 0 Å². The largest absolute Gasteiger partial charge is 0.396 e. The van der Waals surface area contributed by atoms with Gasteiger partial charge in [0.2, 0.25) is 0 Å². The van der Waals surface area contributed by atoms with Crippen LogP contribution in [0.3, 0.4) is 0 Å². The maximum absolute atomic E-state index is 12.5. The van der Waals surface area contributed by atoms with Crippen molar-refractivity contribution in [2.75, 3.05) is 12.4 Å². The van der Waals surface area contributed by atoms with Crippen LogP contribution in [0, 0.1) is 11.3 Å².